The minimum absolute atomic E-state index is 0.0822. The number of hydrogen-bond acceptors (Lipinski definition) is 5. The van der Waals surface area contributed by atoms with E-state index in [0.717, 1.165) is 51.4 Å². The molecular weight excluding hydrogens is 803 g/mol. The first-order chi connectivity index (χ1) is 32.0. The molecule has 0 aromatic heterocycles. The Labute approximate surface area is 406 Å². The summed E-state index contributed by atoms with van der Waals surface area (Å²) in [5.41, 5.74) is 0. The second-order valence-electron chi connectivity index (χ2n) is 20.4. The fourth-order valence-corrected chi connectivity index (χ4v) is 9.37. The Hall–Kier alpha value is -1.40. The van der Waals surface area contributed by atoms with Gasteiger partial charge in [-0.05, 0) is 51.4 Å². The summed E-state index contributed by atoms with van der Waals surface area (Å²) >= 11 is 0. The van der Waals surface area contributed by atoms with Gasteiger partial charge in [0.05, 0.1) is 25.2 Å². The number of unbranched alkanes of at least 4 members (excludes halogenated alkanes) is 40. The van der Waals surface area contributed by atoms with Crippen molar-refractivity contribution < 1.29 is 24.5 Å². The Morgan fingerprint density at radius 3 is 1.09 bits per heavy atom. The predicted molar refractivity (Wildman–Crippen MR) is 283 cm³/mol. The lowest BCUT2D eigenvalue weighted by molar-refractivity contribution is -0.151. The van der Waals surface area contributed by atoms with Crippen molar-refractivity contribution in [3.05, 3.63) is 12.2 Å². The van der Waals surface area contributed by atoms with Crippen LogP contribution in [0.4, 0.5) is 0 Å². The molecule has 6 nitrogen and oxygen atoms in total. The third-order valence-corrected chi connectivity index (χ3v) is 13.8. The first-order valence-electron chi connectivity index (χ1n) is 29.4. The minimum atomic E-state index is -0.784. The number of carbonyl (C=O) groups excluding carboxylic acids is 2. The number of ether oxygens (including phenoxy) is 1. The highest BCUT2D eigenvalue weighted by molar-refractivity contribution is 5.77. The molecule has 0 saturated heterocycles. The highest BCUT2D eigenvalue weighted by Crippen LogP contribution is 2.19. The third-order valence-electron chi connectivity index (χ3n) is 13.8. The highest BCUT2D eigenvalue weighted by Gasteiger charge is 2.24. The largest absolute Gasteiger partial charge is 0.462 e. The van der Waals surface area contributed by atoms with Gasteiger partial charge in [0.15, 0.2) is 0 Å². The Morgan fingerprint density at radius 1 is 0.431 bits per heavy atom. The van der Waals surface area contributed by atoms with E-state index in [4.69, 9.17) is 4.74 Å². The molecule has 0 aliphatic rings. The first-order valence-corrected chi connectivity index (χ1v) is 29.4. The SMILES string of the molecule is CCCCCCCCCCC/C=C/CCCCCCCC(=O)OC(CCCCCCCCCCCCCCC)CC(=O)NC(CO)C(O)CCCCCCCCCCCCCCCCC. The van der Waals surface area contributed by atoms with Crippen LogP contribution in [0.3, 0.4) is 0 Å². The summed E-state index contributed by atoms with van der Waals surface area (Å²) in [5.74, 6) is -0.460. The van der Waals surface area contributed by atoms with Gasteiger partial charge in [0.25, 0.3) is 0 Å². The maximum atomic E-state index is 13.3. The summed E-state index contributed by atoms with van der Waals surface area (Å²) in [6.45, 7) is 6.53. The Morgan fingerprint density at radius 2 is 0.738 bits per heavy atom. The number of nitrogens with one attached hydrogen (secondary N) is 1. The van der Waals surface area contributed by atoms with Crippen molar-refractivity contribution in [1.82, 2.24) is 5.32 Å². The fourth-order valence-electron chi connectivity index (χ4n) is 9.37. The van der Waals surface area contributed by atoms with Gasteiger partial charge in [-0.2, -0.15) is 0 Å². The van der Waals surface area contributed by atoms with Gasteiger partial charge < -0.3 is 20.3 Å². The third kappa shape index (κ3) is 48.9. The summed E-state index contributed by atoms with van der Waals surface area (Å²) in [6.07, 6.45) is 61.3. The molecule has 6 heteroatoms. The average Bonchev–Trinajstić information content (AvgIpc) is 3.30. The van der Waals surface area contributed by atoms with Gasteiger partial charge in [0.1, 0.15) is 6.10 Å². The highest BCUT2D eigenvalue weighted by atomic mass is 16.5. The molecule has 0 bridgehead atoms. The van der Waals surface area contributed by atoms with E-state index in [1.54, 1.807) is 0 Å². The van der Waals surface area contributed by atoms with E-state index < -0.39 is 18.2 Å². The number of allylic oxidation sites excluding steroid dienone is 2. The molecule has 0 spiro atoms. The molecule has 0 fully saturated rings. The molecule has 3 N–H and O–H groups in total. The molecule has 0 aliphatic carbocycles. The van der Waals surface area contributed by atoms with Gasteiger partial charge in [-0.1, -0.05) is 277 Å². The van der Waals surface area contributed by atoms with E-state index in [-0.39, 0.29) is 24.9 Å². The molecule has 0 aliphatic heterocycles. The Bertz CT molecular complexity index is 986. The van der Waals surface area contributed by atoms with E-state index >= 15 is 0 Å². The number of esters is 1. The second kappa shape index (κ2) is 53.6. The van der Waals surface area contributed by atoms with Crippen molar-refractivity contribution in [2.24, 2.45) is 0 Å². The molecular formula is C59H115NO5. The zero-order valence-electron chi connectivity index (χ0n) is 44.2. The van der Waals surface area contributed by atoms with Crippen LogP contribution in [0.25, 0.3) is 0 Å². The number of rotatable bonds is 54. The molecule has 0 aromatic carbocycles. The van der Waals surface area contributed by atoms with Crippen LogP contribution in [0.2, 0.25) is 0 Å². The summed E-state index contributed by atoms with van der Waals surface area (Å²) in [4.78, 5) is 26.3. The molecule has 3 unspecified atom stereocenters. The smallest absolute Gasteiger partial charge is 0.306 e. The van der Waals surface area contributed by atoms with E-state index in [1.165, 1.54) is 231 Å². The number of aliphatic hydroxyl groups excluding tert-OH is 2. The zero-order valence-corrected chi connectivity index (χ0v) is 44.2. The quantitative estimate of drug-likeness (QED) is 0.0321. The van der Waals surface area contributed by atoms with Crippen LogP contribution < -0.4 is 5.32 Å². The van der Waals surface area contributed by atoms with Crippen molar-refractivity contribution in [3.63, 3.8) is 0 Å². The van der Waals surface area contributed by atoms with Crippen LogP contribution >= 0.6 is 0 Å². The van der Waals surface area contributed by atoms with E-state index in [9.17, 15) is 19.8 Å². The molecule has 0 saturated carbocycles. The fraction of sp³-hybridized carbons (Fsp3) is 0.932. The lowest BCUT2D eigenvalue weighted by Gasteiger charge is -2.24. The van der Waals surface area contributed by atoms with Crippen LogP contribution in [-0.2, 0) is 14.3 Å². The molecule has 0 rings (SSSR count). The van der Waals surface area contributed by atoms with Crippen LogP contribution in [0.5, 0.6) is 0 Å². The van der Waals surface area contributed by atoms with Gasteiger partial charge in [-0.3, -0.25) is 9.59 Å². The number of aliphatic hydroxyl groups is 2. The van der Waals surface area contributed by atoms with Crippen molar-refractivity contribution in [2.45, 2.75) is 347 Å². The molecule has 0 radical (unpaired) electrons. The van der Waals surface area contributed by atoms with Crippen LogP contribution in [0, 0.1) is 0 Å². The summed E-state index contributed by atoms with van der Waals surface area (Å²) in [6, 6.07) is -0.697. The van der Waals surface area contributed by atoms with Crippen molar-refractivity contribution >= 4 is 11.9 Å². The summed E-state index contributed by atoms with van der Waals surface area (Å²) in [7, 11) is 0. The van der Waals surface area contributed by atoms with Crippen LogP contribution in [0.1, 0.15) is 329 Å². The molecule has 1 amide bonds. The Balaban J connectivity index is 4.48. The van der Waals surface area contributed by atoms with Gasteiger partial charge in [0.2, 0.25) is 5.91 Å². The van der Waals surface area contributed by atoms with E-state index in [2.05, 4.69) is 38.2 Å². The van der Waals surface area contributed by atoms with Gasteiger partial charge >= 0.3 is 5.97 Å². The topological polar surface area (TPSA) is 95.9 Å². The van der Waals surface area contributed by atoms with Crippen molar-refractivity contribution in [3.8, 4) is 0 Å². The lowest BCUT2D eigenvalue weighted by Crippen LogP contribution is -2.46. The standard InChI is InChI=1S/C59H115NO5/c1-4-7-10-13-16-19-22-25-27-28-29-31-34-37-40-43-46-49-52-59(64)65-55(50-47-44-41-38-35-32-24-21-18-15-12-9-6-3)53-58(63)60-56(54-61)57(62)51-48-45-42-39-36-33-30-26-23-20-17-14-11-8-5-2/h29,31,55-57,61-62H,4-28,30,32-54H2,1-3H3,(H,60,63)/b31-29+. The van der Waals surface area contributed by atoms with Crippen LogP contribution in [0.15, 0.2) is 12.2 Å². The minimum Gasteiger partial charge on any atom is -0.462 e. The molecule has 386 valence electrons. The Kier molecular flexibility index (Phi) is 52.4. The van der Waals surface area contributed by atoms with Crippen molar-refractivity contribution in [2.75, 3.05) is 6.61 Å². The van der Waals surface area contributed by atoms with E-state index in [1.807, 2.05) is 0 Å². The second-order valence-corrected chi connectivity index (χ2v) is 20.4. The summed E-state index contributed by atoms with van der Waals surface area (Å²) in [5, 5.41) is 23.9. The number of hydrogen-bond donors (Lipinski definition) is 3. The van der Waals surface area contributed by atoms with Crippen LogP contribution in [-0.4, -0.2) is 46.9 Å². The van der Waals surface area contributed by atoms with E-state index in [0.29, 0.717) is 19.3 Å². The average molecular weight is 919 g/mol. The molecule has 0 aromatic rings. The maximum absolute atomic E-state index is 13.3. The monoisotopic (exact) mass is 918 g/mol. The molecule has 0 heterocycles. The van der Waals surface area contributed by atoms with Crippen molar-refractivity contribution in [1.29, 1.82) is 0 Å². The molecule has 65 heavy (non-hydrogen) atoms. The van der Waals surface area contributed by atoms with Gasteiger partial charge in [-0.15, -0.1) is 0 Å². The zero-order chi connectivity index (χ0) is 47.4. The normalized spacial score (nSPS) is 13.1. The van der Waals surface area contributed by atoms with Gasteiger partial charge in [0, 0.05) is 6.42 Å². The lowest BCUT2D eigenvalue weighted by atomic mass is 10.0. The maximum Gasteiger partial charge on any atom is 0.306 e. The summed E-state index contributed by atoms with van der Waals surface area (Å²) < 4.78 is 5.96. The molecule has 3 atom stereocenters. The number of amides is 1. The number of carbonyl (C=O) groups is 2. The predicted octanol–water partition coefficient (Wildman–Crippen LogP) is 18.1. The first kappa shape index (κ1) is 63.6. The van der Waals surface area contributed by atoms with Gasteiger partial charge in [-0.25, -0.2) is 0 Å².